The minimum atomic E-state index is -0.752. The molecular formula is C32H35BrCl2N2O3. The van der Waals surface area contributed by atoms with Crippen molar-refractivity contribution < 1.29 is 14.3 Å². The highest BCUT2D eigenvalue weighted by atomic mass is 79.9. The van der Waals surface area contributed by atoms with E-state index in [1.54, 1.807) is 23.1 Å². The summed E-state index contributed by atoms with van der Waals surface area (Å²) in [6.07, 6.45) is 4.45. The topological polar surface area (TPSA) is 58.6 Å². The number of nitrogens with zero attached hydrogens (tertiary/aromatic N) is 1. The molecule has 0 saturated heterocycles. The molecule has 5 nitrogen and oxygen atoms in total. The molecule has 212 valence electrons. The fourth-order valence-corrected chi connectivity index (χ4v) is 5.95. The van der Waals surface area contributed by atoms with Crippen molar-refractivity contribution in [1.82, 2.24) is 10.2 Å². The van der Waals surface area contributed by atoms with Gasteiger partial charge in [0.25, 0.3) is 5.91 Å². The summed E-state index contributed by atoms with van der Waals surface area (Å²) in [6.45, 7) is 4.15. The minimum absolute atomic E-state index is 0.119. The van der Waals surface area contributed by atoms with Gasteiger partial charge in [0.2, 0.25) is 5.91 Å². The number of carbonyl (C=O) groups excluding carboxylic acids is 2. The Bertz CT molecular complexity index is 1310. The number of benzene rings is 3. The highest BCUT2D eigenvalue weighted by Gasteiger charge is 2.33. The standard InChI is InChI=1S/C32H35BrCl2N2O3/c1-21(2)23-13-15-30(27(33)17-23)40-20-31(38)37(19-24-12-14-25(34)18-28(24)35)29(16-22-8-4-3-5-9-22)32(39)36-26-10-6-7-11-26/h3-5,8-9,12-15,17-18,21,26,29H,6-7,10-11,16,19-20H2,1-2H3,(H,36,39)/t29-/m1/s1. The molecule has 2 amide bonds. The van der Waals surface area contributed by atoms with Crippen molar-refractivity contribution in [3.8, 4) is 5.75 Å². The van der Waals surface area contributed by atoms with Crippen molar-refractivity contribution in [2.45, 2.75) is 70.5 Å². The van der Waals surface area contributed by atoms with Crippen molar-refractivity contribution in [2.75, 3.05) is 6.61 Å². The Balaban J connectivity index is 1.63. The molecule has 0 aliphatic heterocycles. The average molecular weight is 646 g/mol. The van der Waals surface area contributed by atoms with E-state index in [0.29, 0.717) is 33.7 Å². The van der Waals surface area contributed by atoms with Gasteiger partial charge in [-0.1, -0.05) is 92.4 Å². The lowest BCUT2D eigenvalue weighted by molar-refractivity contribution is -0.143. The monoisotopic (exact) mass is 644 g/mol. The van der Waals surface area contributed by atoms with Crippen LogP contribution < -0.4 is 10.1 Å². The summed E-state index contributed by atoms with van der Waals surface area (Å²) in [5, 5.41) is 4.15. The zero-order valence-corrected chi connectivity index (χ0v) is 25.9. The first kappa shape index (κ1) is 30.4. The molecule has 0 aromatic heterocycles. The number of halogens is 3. The number of carbonyl (C=O) groups is 2. The molecule has 3 aromatic rings. The fraction of sp³-hybridized carbons (Fsp3) is 0.375. The number of rotatable bonds is 11. The van der Waals surface area contributed by atoms with Crippen LogP contribution in [0.15, 0.2) is 71.2 Å². The Morgan fingerprint density at radius 2 is 1.75 bits per heavy atom. The Morgan fingerprint density at radius 3 is 2.40 bits per heavy atom. The van der Waals surface area contributed by atoms with Crippen molar-refractivity contribution in [3.63, 3.8) is 0 Å². The summed E-state index contributed by atoms with van der Waals surface area (Å²) in [4.78, 5) is 29.3. The molecule has 1 fully saturated rings. The van der Waals surface area contributed by atoms with E-state index >= 15 is 0 Å². The van der Waals surface area contributed by atoms with Crippen LogP contribution in [0.5, 0.6) is 5.75 Å². The number of hydrogen-bond acceptors (Lipinski definition) is 3. The van der Waals surface area contributed by atoms with Crippen LogP contribution in [0.4, 0.5) is 0 Å². The molecule has 8 heteroatoms. The molecule has 0 radical (unpaired) electrons. The van der Waals surface area contributed by atoms with Crippen molar-refractivity contribution >= 4 is 50.9 Å². The maximum atomic E-state index is 13.9. The van der Waals surface area contributed by atoms with Crippen LogP contribution >= 0.6 is 39.1 Å². The maximum absolute atomic E-state index is 13.9. The van der Waals surface area contributed by atoms with Gasteiger partial charge in [-0.05, 0) is 75.6 Å². The number of amides is 2. The third kappa shape index (κ3) is 8.25. The quantitative estimate of drug-likeness (QED) is 0.230. The van der Waals surface area contributed by atoms with Crippen LogP contribution in [-0.4, -0.2) is 35.4 Å². The van der Waals surface area contributed by atoms with Crippen LogP contribution in [0.2, 0.25) is 10.0 Å². The molecule has 0 spiro atoms. The zero-order chi connectivity index (χ0) is 28.6. The minimum Gasteiger partial charge on any atom is -0.483 e. The molecule has 40 heavy (non-hydrogen) atoms. The second-order valence-corrected chi connectivity index (χ2v) is 12.3. The smallest absolute Gasteiger partial charge is 0.261 e. The third-order valence-electron chi connectivity index (χ3n) is 7.30. The molecule has 1 aliphatic carbocycles. The summed E-state index contributed by atoms with van der Waals surface area (Å²) in [5.74, 6) is 0.450. The van der Waals surface area contributed by atoms with Gasteiger partial charge in [0.05, 0.1) is 4.47 Å². The predicted molar refractivity (Wildman–Crippen MR) is 165 cm³/mol. The van der Waals surface area contributed by atoms with Gasteiger partial charge in [0, 0.05) is 29.1 Å². The molecule has 3 aromatic carbocycles. The second-order valence-electron chi connectivity index (χ2n) is 10.6. The van der Waals surface area contributed by atoms with E-state index in [1.807, 2.05) is 48.5 Å². The number of ether oxygens (including phenoxy) is 1. The van der Waals surface area contributed by atoms with Crippen LogP contribution in [0.25, 0.3) is 0 Å². The summed E-state index contributed by atoms with van der Waals surface area (Å²) < 4.78 is 6.77. The fourth-order valence-electron chi connectivity index (χ4n) is 4.97. The first-order chi connectivity index (χ1) is 19.2. The first-order valence-electron chi connectivity index (χ1n) is 13.7. The van der Waals surface area contributed by atoms with E-state index in [1.165, 1.54) is 0 Å². The highest BCUT2D eigenvalue weighted by Crippen LogP contribution is 2.30. The second kappa shape index (κ2) is 14.4. The predicted octanol–water partition coefficient (Wildman–Crippen LogP) is 7.96. The average Bonchev–Trinajstić information content (AvgIpc) is 3.44. The van der Waals surface area contributed by atoms with Crippen molar-refractivity contribution in [2.24, 2.45) is 0 Å². The summed E-state index contributed by atoms with van der Waals surface area (Å²) in [7, 11) is 0. The summed E-state index contributed by atoms with van der Waals surface area (Å²) in [5.41, 5.74) is 2.83. The Hall–Kier alpha value is -2.54. The van der Waals surface area contributed by atoms with E-state index in [9.17, 15) is 9.59 Å². The number of nitrogens with one attached hydrogen (secondary N) is 1. The molecule has 1 saturated carbocycles. The molecule has 1 aliphatic rings. The highest BCUT2D eigenvalue weighted by molar-refractivity contribution is 9.10. The van der Waals surface area contributed by atoms with E-state index < -0.39 is 6.04 Å². The van der Waals surface area contributed by atoms with Crippen LogP contribution in [-0.2, 0) is 22.6 Å². The van der Waals surface area contributed by atoms with Crippen LogP contribution in [0.1, 0.15) is 62.1 Å². The Morgan fingerprint density at radius 1 is 1.02 bits per heavy atom. The van der Waals surface area contributed by atoms with E-state index in [0.717, 1.165) is 41.3 Å². The van der Waals surface area contributed by atoms with Gasteiger partial charge < -0.3 is 15.0 Å². The summed E-state index contributed by atoms with van der Waals surface area (Å²) in [6, 6.07) is 20.1. The lowest BCUT2D eigenvalue weighted by Crippen LogP contribution is -2.53. The lowest BCUT2D eigenvalue weighted by Gasteiger charge is -2.32. The van der Waals surface area contributed by atoms with Crippen molar-refractivity contribution in [3.05, 3.63) is 97.9 Å². The SMILES string of the molecule is CC(C)c1ccc(OCC(=O)N(Cc2ccc(Cl)cc2Cl)[C@H](Cc2ccccc2)C(=O)NC2CCCC2)c(Br)c1. The van der Waals surface area contributed by atoms with Crippen LogP contribution in [0, 0.1) is 0 Å². The normalized spacial score (nSPS) is 14.2. The van der Waals surface area contributed by atoms with Gasteiger partial charge in [-0.2, -0.15) is 0 Å². The molecule has 0 unspecified atom stereocenters. The maximum Gasteiger partial charge on any atom is 0.261 e. The third-order valence-corrected chi connectivity index (χ3v) is 8.51. The van der Waals surface area contributed by atoms with E-state index in [4.69, 9.17) is 27.9 Å². The number of hydrogen-bond donors (Lipinski definition) is 1. The van der Waals surface area contributed by atoms with Gasteiger partial charge in [-0.25, -0.2) is 0 Å². The molecule has 1 atom stereocenters. The van der Waals surface area contributed by atoms with Gasteiger partial charge in [0.1, 0.15) is 11.8 Å². The zero-order valence-electron chi connectivity index (χ0n) is 22.8. The van der Waals surface area contributed by atoms with Gasteiger partial charge >= 0.3 is 0 Å². The van der Waals surface area contributed by atoms with Gasteiger partial charge in [-0.3, -0.25) is 9.59 Å². The largest absolute Gasteiger partial charge is 0.483 e. The molecule has 4 rings (SSSR count). The van der Waals surface area contributed by atoms with Gasteiger partial charge in [-0.15, -0.1) is 0 Å². The Kier molecular flexibility index (Phi) is 10.9. The van der Waals surface area contributed by atoms with E-state index in [2.05, 4.69) is 35.1 Å². The molecular weight excluding hydrogens is 611 g/mol. The molecule has 1 N–H and O–H groups in total. The molecule has 0 bridgehead atoms. The van der Waals surface area contributed by atoms with Crippen LogP contribution in [0.3, 0.4) is 0 Å². The molecule has 0 heterocycles. The Labute approximate surface area is 255 Å². The summed E-state index contributed by atoms with van der Waals surface area (Å²) >= 11 is 16.2. The van der Waals surface area contributed by atoms with Gasteiger partial charge in [0.15, 0.2) is 6.61 Å². The van der Waals surface area contributed by atoms with Crippen molar-refractivity contribution in [1.29, 1.82) is 0 Å². The first-order valence-corrected chi connectivity index (χ1v) is 15.3. The van der Waals surface area contributed by atoms with E-state index in [-0.39, 0.29) is 31.0 Å². The lowest BCUT2D eigenvalue weighted by atomic mass is 10.0.